The first kappa shape index (κ1) is 27.9. The van der Waals surface area contributed by atoms with Crippen LogP contribution in [-0.2, 0) is 13.1 Å². The van der Waals surface area contributed by atoms with Gasteiger partial charge in [0.25, 0.3) is 0 Å². The van der Waals surface area contributed by atoms with Gasteiger partial charge in [-0.2, -0.15) is 23.3 Å². The highest BCUT2D eigenvalue weighted by Gasteiger charge is 2.28. The van der Waals surface area contributed by atoms with Crippen LogP contribution >= 0.6 is 11.6 Å². The lowest BCUT2D eigenvalue weighted by molar-refractivity contribution is -0.142. The van der Waals surface area contributed by atoms with Crippen molar-refractivity contribution in [2.24, 2.45) is 0 Å². The monoisotopic (exact) mass is 595 g/mol. The molecular formula is C25H16ClF6N7O2. The Labute approximate surface area is 230 Å². The summed E-state index contributed by atoms with van der Waals surface area (Å²) in [5.74, 6) is -5.14. The molecule has 0 unspecified atom stereocenters. The van der Waals surface area contributed by atoms with Gasteiger partial charge in [0.15, 0.2) is 17.5 Å². The van der Waals surface area contributed by atoms with E-state index in [4.69, 9.17) is 11.6 Å². The number of nitrogens with zero attached hydrogens (tertiary/aromatic N) is 6. The van der Waals surface area contributed by atoms with Gasteiger partial charge in [-0.25, -0.2) is 27.3 Å². The number of hydrogen-bond donors (Lipinski definition) is 1. The summed E-state index contributed by atoms with van der Waals surface area (Å²) in [5.41, 5.74) is -1.41. The molecule has 212 valence electrons. The predicted molar refractivity (Wildman–Crippen MR) is 136 cm³/mol. The molecule has 3 heterocycles. The molecule has 3 aromatic heterocycles. The van der Waals surface area contributed by atoms with Gasteiger partial charge in [-0.3, -0.25) is 14.2 Å². The second-order valence-corrected chi connectivity index (χ2v) is 9.38. The van der Waals surface area contributed by atoms with Crippen LogP contribution in [0.25, 0.3) is 16.6 Å². The third kappa shape index (κ3) is 5.79. The molecule has 16 heteroatoms. The molecule has 0 saturated heterocycles. The molecule has 5 aromatic rings. The average Bonchev–Trinajstić information content (AvgIpc) is 3.24. The Balaban J connectivity index is 1.64. The number of rotatable bonds is 6. The molecule has 0 spiro atoms. The van der Waals surface area contributed by atoms with E-state index in [0.29, 0.717) is 26.9 Å². The van der Waals surface area contributed by atoms with E-state index in [2.05, 4.69) is 20.4 Å². The maximum atomic E-state index is 14.0. The average molecular weight is 596 g/mol. The SMILES string of the molecule is Cc1cncc(-n2c(=O)nc(Nc3cc4cn(CC(F)(F)F)nc4cc3Cl)n(Cc3cc(F)c(F)c(F)c3)c2=O)c1. The predicted octanol–water partition coefficient (Wildman–Crippen LogP) is 4.87. The largest absolute Gasteiger partial charge is 0.408 e. The maximum Gasteiger partial charge on any atom is 0.408 e. The van der Waals surface area contributed by atoms with Gasteiger partial charge in [-0.05, 0) is 48.4 Å². The van der Waals surface area contributed by atoms with Gasteiger partial charge in [0.05, 0.1) is 34.7 Å². The van der Waals surface area contributed by atoms with Crippen molar-refractivity contribution >= 4 is 34.1 Å². The lowest BCUT2D eigenvalue weighted by Crippen LogP contribution is -2.41. The van der Waals surface area contributed by atoms with Gasteiger partial charge in [0.2, 0.25) is 5.95 Å². The molecule has 0 radical (unpaired) electrons. The maximum absolute atomic E-state index is 14.0. The van der Waals surface area contributed by atoms with Crippen molar-refractivity contribution in [3.8, 4) is 5.69 Å². The van der Waals surface area contributed by atoms with Gasteiger partial charge < -0.3 is 5.32 Å². The Bertz CT molecular complexity index is 1910. The molecule has 9 nitrogen and oxygen atoms in total. The van der Waals surface area contributed by atoms with Crippen LogP contribution in [0, 0.1) is 24.4 Å². The molecule has 0 saturated carbocycles. The summed E-state index contributed by atoms with van der Waals surface area (Å²) < 4.78 is 82.1. The lowest BCUT2D eigenvalue weighted by Gasteiger charge is -2.16. The van der Waals surface area contributed by atoms with Crippen LogP contribution in [0.15, 0.2) is 58.5 Å². The molecule has 0 bridgehead atoms. The molecule has 0 amide bonds. The number of aryl methyl sites for hydroxylation is 1. The second kappa shape index (κ2) is 10.4. The zero-order valence-corrected chi connectivity index (χ0v) is 21.4. The molecule has 0 atom stereocenters. The van der Waals surface area contributed by atoms with E-state index in [-0.39, 0.29) is 32.9 Å². The zero-order valence-electron chi connectivity index (χ0n) is 20.7. The normalized spacial score (nSPS) is 11.8. The summed E-state index contributed by atoms with van der Waals surface area (Å²) in [6, 6.07) is 5.41. The van der Waals surface area contributed by atoms with Gasteiger partial charge in [0.1, 0.15) is 6.54 Å². The van der Waals surface area contributed by atoms with E-state index >= 15 is 0 Å². The Morgan fingerprint density at radius 3 is 2.37 bits per heavy atom. The number of alkyl halides is 3. The summed E-state index contributed by atoms with van der Waals surface area (Å²) in [5, 5.41) is 6.71. The van der Waals surface area contributed by atoms with E-state index in [1.807, 2.05) is 0 Å². The molecule has 41 heavy (non-hydrogen) atoms. The van der Waals surface area contributed by atoms with Gasteiger partial charge >= 0.3 is 17.6 Å². The highest BCUT2D eigenvalue weighted by molar-refractivity contribution is 6.34. The van der Waals surface area contributed by atoms with Gasteiger partial charge in [-0.15, -0.1) is 0 Å². The fourth-order valence-corrected chi connectivity index (χ4v) is 4.28. The second-order valence-electron chi connectivity index (χ2n) is 8.97. The molecule has 0 fully saturated rings. The van der Waals surface area contributed by atoms with E-state index in [1.54, 1.807) is 6.92 Å². The van der Waals surface area contributed by atoms with Crippen molar-refractivity contribution < 1.29 is 26.3 Å². The molecule has 1 N–H and O–H groups in total. The van der Waals surface area contributed by atoms with Crippen LogP contribution in [0.4, 0.5) is 38.0 Å². The number of pyridine rings is 1. The quantitative estimate of drug-likeness (QED) is 0.222. The lowest BCUT2D eigenvalue weighted by atomic mass is 10.2. The number of hydrogen-bond acceptors (Lipinski definition) is 6. The Hall–Kier alpha value is -4.66. The molecule has 0 aliphatic rings. The van der Waals surface area contributed by atoms with E-state index in [0.717, 1.165) is 10.8 Å². The molecule has 5 rings (SSSR count). The Morgan fingerprint density at radius 1 is 1.00 bits per heavy atom. The molecular weight excluding hydrogens is 580 g/mol. The number of aromatic nitrogens is 6. The molecule has 2 aromatic carbocycles. The third-order valence-corrected chi connectivity index (χ3v) is 6.11. The van der Waals surface area contributed by atoms with Crippen LogP contribution in [-0.4, -0.2) is 35.1 Å². The Morgan fingerprint density at radius 2 is 1.71 bits per heavy atom. The molecule has 0 aliphatic carbocycles. The minimum Gasteiger partial charge on any atom is -0.324 e. The minimum absolute atomic E-state index is 0.0252. The van der Waals surface area contributed by atoms with E-state index in [1.165, 1.54) is 30.6 Å². The highest BCUT2D eigenvalue weighted by Crippen LogP contribution is 2.30. The zero-order chi connectivity index (χ0) is 29.6. The van der Waals surface area contributed by atoms with Crippen molar-refractivity contribution in [2.75, 3.05) is 5.32 Å². The van der Waals surface area contributed by atoms with Crippen LogP contribution in [0.3, 0.4) is 0 Å². The summed E-state index contributed by atoms with van der Waals surface area (Å²) in [6.07, 6.45) is -0.689. The topological polar surface area (TPSA) is 99.6 Å². The number of nitrogens with one attached hydrogen (secondary N) is 1. The first-order valence-corrected chi connectivity index (χ1v) is 12.0. The fraction of sp³-hybridized carbons (Fsp3) is 0.160. The highest BCUT2D eigenvalue weighted by atomic mass is 35.5. The minimum atomic E-state index is -4.52. The van der Waals surface area contributed by atoms with E-state index in [9.17, 15) is 35.9 Å². The van der Waals surface area contributed by atoms with Gasteiger partial charge in [0, 0.05) is 17.8 Å². The fourth-order valence-electron chi connectivity index (χ4n) is 4.07. The number of halogens is 7. The summed E-state index contributed by atoms with van der Waals surface area (Å²) in [4.78, 5) is 34.5. The summed E-state index contributed by atoms with van der Waals surface area (Å²) in [6.45, 7) is -0.256. The smallest absolute Gasteiger partial charge is 0.324 e. The van der Waals surface area contributed by atoms with Crippen LogP contribution in [0.1, 0.15) is 11.1 Å². The van der Waals surface area contributed by atoms with Crippen LogP contribution in [0.2, 0.25) is 5.02 Å². The first-order valence-electron chi connectivity index (χ1n) is 11.6. The van der Waals surface area contributed by atoms with Crippen molar-refractivity contribution in [3.05, 3.63) is 103 Å². The van der Waals surface area contributed by atoms with Crippen LogP contribution < -0.4 is 16.7 Å². The van der Waals surface area contributed by atoms with Crippen molar-refractivity contribution in [1.82, 2.24) is 28.9 Å². The standard InChI is InChI=1S/C25H16ClF6N7O2/c1-12-2-15(8-33-7-12)39-23(40)35-22(38(24(39)41)9-13-3-17(27)21(29)18(28)4-13)34-20-5-14-10-37(11-25(30,31)32)36-19(14)6-16(20)26/h2-8,10H,9,11H2,1H3,(H,34,35,40). The summed E-state index contributed by atoms with van der Waals surface area (Å²) >= 11 is 6.31. The van der Waals surface area contributed by atoms with Crippen molar-refractivity contribution in [1.29, 1.82) is 0 Å². The number of fused-ring (bicyclic) bond motifs is 1. The molecule has 0 aliphatic heterocycles. The number of benzene rings is 2. The van der Waals surface area contributed by atoms with Crippen LogP contribution in [0.5, 0.6) is 0 Å². The van der Waals surface area contributed by atoms with E-state index < -0.39 is 54.0 Å². The van der Waals surface area contributed by atoms with Crippen molar-refractivity contribution in [3.63, 3.8) is 0 Å². The Kier molecular flexibility index (Phi) is 7.07. The van der Waals surface area contributed by atoms with Crippen molar-refractivity contribution in [2.45, 2.75) is 26.2 Å². The first-order chi connectivity index (χ1) is 19.3. The van der Waals surface area contributed by atoms with Gasteiger partial charge in [-0.1, -0.05) is 11.6 Å². The summed E-state index contributed by atoms with van der Waals surface area (Å²) in [7, 11) is 0. The third-order valence-electron chi connectivity index (χ3n) is 5.80. The number of anilines is 2.